The van der Waals surface area contributed by atoms with Gasteiger partial charge in [-0.1, -0.05) is 45.0 Å². The molecular formula is C21H27NO5S. The predicted molar refractivity (Wildman–Crippen MR) is 107 cm³/mol. The Morgan fingerprint density at radius 1 is 1.21 bits per heavy atom. The number of esters is 1. The van der Waals surface area contributed by atoms with E-state index in [2.05, 4.69) is 11.3 Å². The van der Waals surface area contributed by atoms with Crippen LogP contribution in [0.4, 0.5) is 0 Å². The Labute approximate surface area is 166 Å². The highest BCUT2D eigenvalue weighted by Gasteiger charge is 2.26. The quantitative estimate of drug-likeness (QED) is 0.527. The number of furan rings is 1. The van der Waals surface area contributed by atoms with E-state index in [0.717, 1.165) is 5.56 Å². The first kappa shape index (κ1) is 21.9. The number of carbonyl (C=O) groups excluding carboxylic acids is 1. The zero-order chi connectivity index (χ0) is 20.9. The summed E-state index contributed by atoms with van der Waals surface area (Å²) in [6.07, 6.45) is 1.48. The largest absolute Gasteiger partial charge is 0.468 e. The Kier molecular flexibility index (Phi) is 6.85. The molecular weight excluding hydrogens is 378 g/mol. The molecule has 1 aromatic heterocycles. The number of nitrogens with one attached hydrogen (secondary N) is 1. The third-order valence-electron chi connectivity index (χ3n) is 3.89. The monoisotopic (exact) mass is 405 g/mol. The second-order valence-electron chi connectivity index (χ2n) is 7.95. The topological polar surface area (TPSA) is 85.6 Å². The zero-order valence-corrected chi connectivity index (χ0v) is 17.5. The van der Waals surface area contributed by atoms with Crippen molar-refractivity contribution in [2.24, 2.45) is 5.41 Å². The summed E-state index contributed by atoms with van der Waals surface area (Å²) in [6, 6.07) is 9.03. The van der Waals surface area contributed by atoms with Crippen molar-refractivity contribution < 1.29 is 22.4 Å². The minimum absolute atomic E-state index is 0.0293. The number of ether oxygens (including phenoxy) is 1. The number of rotatable bonds is 8. The Morgan fingerprint density at radius 3 is 2.39 bits per heavy atom. The smallest absolute Gasteiger partial charge is 0.333 e. The molecule has 6 nitrogen and oxygen atoms in total. The van der Waals surface area contributed by atoms with Gasteiger partial charge < -0.3 is 9.15 Å². The van der Waals surface area contributed by atoms with Crippen LogP contribution >= 0.6 is 0 Å². The highest BCUT2D eigenvalue weighted by Crippen LogP contribution is 2.25. The number of carbonyl (C=O) groups is 1. The van der Waals surface area contributed by atoms with Gasteiger partial charge >= 0.3 is 5.97 Å². The van der Waals surface area contributed by atoms with Crippen molar-refractivity contribution in [3.8, 4) is 0 Å². The molecule has 0 aliphatic carbocycles. The molecule has 1 heterocycles. The van der Waals surface area contributed by atoms with E-state index in [4.69, 9.17) is 9.15 Å². The first-order valence-corrected chi connectivity index (χ1v) is 10.4. The molecule has 0 saturated carbocycles. The molecule has 0 aliphatic heterocycles. The van der Waals surface area contributed by atoms with Crippen molar-refractivity contribution in [3.63, 3.8) is 0 Å². The van der Waals surface area contributed by atoms with E-state index >= 15 is 0 Å². The highest BCUT2D eigenvalue weighted by atomic mass is 32.2. The second-order valence-corrected chi connectivity index (χ2v) is 9.66. The summed E-state index contributed by atoms with van der Waals surface area (Å²) < 4.78 is 38.8. The van der Waals surface area contributed by atoms with E-state index in [1.165, 1.54) is 18.4 Å². The van der Waals surface area contributed by atoms with Crippen LogP contribution in [0.15, 0.2) is 64.1 Å². The van der Waals surface area contributed by atoms with Crippen molar-refractivity contribution >= 4 is 16.0 Å². The lowest BCUT2D eigenvalue weighted by Crippen LogP contribution is -2.30. The average molecular weight is 406 g/mol. The summed E-state index contributed by atoms with van der Waals surface area (Å²) in [7, 11) is -3.81. The fourth-order valence-corrected chi connectivity index (χ4v) is 3.58. The molecule has 0 amide bonds. The lowest BCUT2D eigenvalue weighted by molar-refractivity contribution is -0.141. The molecule has 0 aliphatic rings. The van der Waals surface area contributed by atoms with Gasteiger partial charge in [-0.25, -0.2) is 17.9 Å². The highest BCUT2D eigenvalue weighted by molar-refractivity contribution is 7.89. The van der Waals surface area contributed by atoms with Gasteiger partial charge in [0.05, 0.1) is 23.8 Å². The zero-order valence-electron chi connectivity index (χ0n) is 16.7. The van der Waals surface area contributed by atoms with E-state index < -0.39 is 22.0 Å². The predicted octanol–water partition coefficient (Wildman–Crippen LogP) is 4.14. The van der Waals surface area contributed by atoms with E-state index in [-0.39, 0.29) is 28.9 Å². The van der Waals surface area contributed by atoms with Crippen molar-refractivity contribution in [2.75, 3.05) is 6.61 Å². The van der Waals surface area contributed by atoms with Gasteiger partial charge in [0, 0.05) is 12.0 Å². The molecule has 1 N–H and O–H groups in total. The van der Waals surface area contributed by atoms with Crippen molar-refractivity contribution in [1.29, 1.82) is 0 Å². The molecule has 0 radical (unpaired) electrons. The van der Waals surface area contributed by atoms with E-state index in [9.17, 15) is 13.2 Å². The Morgan fingerprint density at radius 2 is 1.86 bits per heavy atom. The summed E-state index contributed by atoms with van der Waals surface area (Å²) in [5, 5.41) is 0. The van der Waals surface area contributed by atoms with Crippen LogP contribution in [0.1, 0.15) is 44.6 Å². The van der Waals surface area contributed by atoms with Gasteiger partial charge in [-0.05, 0) is 36.6 Å². The maximum absolute atomic E-state index is 12.8. The van der Waals surface area contributed by atoms with Crippen LogP contribution in [0.25, 0.3) is 0 Å². The molecule has 0 saturated heterocycles. The Balaban J connectivity index is 2.16. The van der Waals surface area contributed by atoms with E-state index in [1.54, 1.807) is 24.3 Å². The lowest BCUT2D eigenvalue weighted by atomic mass is 9.98. The van der Waals surface area contributed by atoms with Crippen LogP contribution in [0.5, 0.6) is 0 Å². The molecule has 1 atom stereocenters. The van der Waals surface area contributed by atoms with Gasteiger partial charge in [-0.3, -0.25) is 0 Å². The molecule has 1 aromatic carbocycles. The SMILES string of the molecule is C=C(CC(NS(=O)(=O)c1ccc(C)cc1)c1ccco1)C(=O)OCC(C)(C)C. The molecule has 28 heavy (non-hydrogen) atoms. The van der Waals surface area contributed by atoms with Gasteiger partial charge in [0.25, 0.3) is 0 Å². The van der Waals surface area contributed by atoms with Crippen molar-refractivity contribution in [2.45, 2.75) is 45.1 Å². The number of hydrogen-bond donors (Lipinski definition) is 1. The standard InChI is InChI=1S/C21H27NO5S/c1-15-8-10-17(11-9-15)28(24,25)22-18(19-7-6-12-26-19)13-16(2)20(23)27-14-21(3,4)5/h6-12,18,22H,2,13-14H2,1,3-5H3. The average Bonchev–Trinajstić information content (AvgIpc) is 3.13. The summed E-state index contributed by atoms with van der Waals surface area (Å²) in [4.78, 5) is 12.4. The minimum atomic E-state index is -3.81. The van der Waals surface area contributed by atoms with Crippen molar-refractivity contribution in [1.82, 2.24) is 4.72 Å². The van der Waals surface area contributed by atoms with E-state index in [0.29, 0.717) is 5.76 Å². The number of aryl methyl sites for hydroxylation is 1. The normalized spacial score (nSPS) is 13.1. The van der Waals surface area contributed by atoms with E-state index in [1.807, 2.05) is 27.7 Å². The third-order valence-corrected chi connectivity index (χ3v) is 5.38. The molecule has 1 unspecified atom stereocenters. The molecule has 0 spiro atoms. The number of hydrogen-bond acceptors (Lipinski definition) is 5. The Bertz CT molecular complexity index is 907. The molecule has 0 fully saturated rings. The van der Waals surface area contributed by atoms with Crippen LogP contribution in [-0.2, 0) is 19.6 Å². The van der Waals surface area contributed by atoms with Crippen LogP contribution in [0.3, 0.4) is 0 Å². The lowest BCUT2D eigenvalue weighted by Gasteiger charge is -2.20. The summed E-state index contributed by atoms with van der Waals surface area (Å²) in [5.41, 5.74) is 0.942. The van der Waals surface area contributed by atoms with Crippen LogP contribution in [0, 0.1) is 12.3 Å². The fourth-order valence-electron chi connectivity index (χ4n) is 2.38. The van der Waals surface area contributed by atoms with Crippen LogP contribution in [-0.4, -0.2) is 21.0 Å². The third kappa shape index (κ3) is 6.35. The van der Waals surface area contributed by atoms with Gasteiger partial charge in [-0.2, -0.15) is 0 Å². The molecule has 152 valence electrons. The molecule has 7 heteroatoms. The molecule has 0 bridgehead atoms. The van der Waals surface area contributed by atoms with Crippen molar-refractivity contribution in [3.05, 3.63) is 66.1 Å². The first-order chi connectivity index (χ1) is 13.0. The molecule has 2 rings (SSSR count). The van der Waals surface area contributed by atoms with Gasteiger partial charge in [-0.15, -0.1) is 0 Å². The summed E-state index contributed by atoms with van der Waals surface area (Å²) >= 11 is 0. The second kappa shape index (κ2) is 8.75. The first-order valence-electron chi connectivity index (χ1n) is 8.95. The summed E-state index contributed by atoms with van der Waals surface area (Å²) in [5.74, 6) is -0.165. The van der Waals surface area contributed by atoms with Gasteiger partial charge in [0.1, 0.15) is 5.76 Å². The maximum Gasteiger partial charge on any atom is 0.333 e. The van der Waals surface area contributed by atoms with Crippen LogP contribution in [0.2, 0.25) is 0 Å². The number of benzene rings is 1. The number of sulfonamides is 1. The van der Waals surface area contributed by atoms with Gasteiger partial charge in [0.2, 0.25) is 10.0 Å². The Hall–Kier alpha value is -2.38. The molecule has 2 aromatic rings. The van der Waals surface area contributed by atoms with Gasteiger partial charge in [0.15, 0.2) is 0 Å². The maximum atomic E-state index is 12.8. The minimum Gasteiger partial charge on any atom is -0.468 e. The van der Waals surface area contributed by atoms with Crippen LogP contribution < -0.4 is 4.72 Å². The summed E-state index contributed by atoms with van der Waals surface area (Å²) in [6.45, 7) is 11.7. The fraction of sp³-hybridized carbons (Fsp3) is 0.381.